The van der Waals surface area contributed by atoms with Gasteiger partial charge in [0.1, 0.15) is 5.75 Å². The molecule has 0 aliphatic rings. The fourth-order valence-electron chi connectivity index (χ4n) is 1.90. The number of aldehydes is 1. The first-order chi connectivity index (χ1) is 8.26. The van der Waals surface area contributed by atoms with E-state index in [2.05, 4.69) is 6.92 Å². The van der Waals surface area contributed by atoms with Crippen molar-refractivity contribution >= 4 is 6.29 Å². The molecule has 3 nitrogen and oxygen atoms in total. The van der Waals surface area contributed by atoms with Gasteiger partial charge in [0.15, 0.2) is 6.29 Å². The molecule has 0 saturated carbocycles. The molecule has 0 bridgehead atoms. The van der Waals surface area contributed by atoms with Crippen LogP contribution >= 0.6 is 0 Å². The summed E-state index contributed by atoms with van der Waals surface area (Å²) in [5.74, 6) is 0.837. The number of carbonyl (C=O) groups is 1. The van der Waals surface area contributed by atoms with Crippen LogP contribution in [-0.4, -0.2) is 18.0 Å². The first-order valence-corrected chi connectivity index (χ1v) is 5.52. The number of nitrogens with zero attached hydrogens (tertiary/aromatic N) is 1. The van der Waals surface area contributed by atoms with Gasteiger partial charge < -0.3 is 9.30 Å². The molecule has 0 aliphatic carbocycles. The lowest BCUT2D eigenvalue weighted by Crippen LogP contribution is -2.08. The molecule has 1 aromatic carbocycles. The van der Waals surface area contributed by atoms with E-state index in [1.54, 1.807) is 7.11 Å². The number of benzene rings is 1. The van der Waals surface area contributed by atoms with E-state index in [4.69, 9.17) is 4.74 Å². The summed E-state index contributed by atoms with van der Waals surface area (Å²) in [6.07, 6.45) is 2.79. The lowest BCUT2D eigenvalue weighted by molar-refractivity contribution is 0.111. The van der Waals surface area contributed by atoms with E-state index in [0.29, 0.717) is 5.69 Å². The normalized spacial score (nSPS) is 12.1. The largest absolute Gasteiger partial charge is 0.497 e. The lowest BCUT2D eigenvalue weighted by atomic mass is 10.1. The van der Waals surface area contributed by atoms with Crippen molar-refractivity contribution in [1.82, 2.24) is 4.57 Å². The summed E-state index contributed by atoms with van der Waals surface area (Å²) in [5.41, 5.74) is 1.83. The van der Waals surface area contributed by atoms with Gasteiger partial charge in [-0.2, -0.15) is 0 Å². The van der Waals surface area contributed by atoms with Crippen molar-refractivity contribution in [1.29, 1.82) is 0 Å². The third-order valence-corrected chi connectivity index (χ3v) is 2.95. The summed E-state index contributed by atoms with van der Waals surface area (Å²) < 4.78 is 7.07. The molecule has 1 atom stereocenters. The molecule has 1 heterocycles. The Kier molecular flexibility index (Phi) is 3.28. The highest BCUT2D eigenvalue weighted by molar-refractivity contribution is 5.72. The Hall–Kier alpha value is -2.03. The number of hydrogen-bond donors (Lipinski definition) is 0. The summed E-state index contributed by atoms with van der Waals surface area (Å²) in [5, 5.41) is 0. The smallest absolute Gasteiger partial charge is 0.166 e. The van der Waals surface area contributed by atoms with Crippen LogP contribution < -0.4 is 4.74 Å². The average molecular weight is 229 g/mol. The highest BCUT2D eigenvalue weighted by Crippen LogP contribution is 2.22. The zero-order chi connectivity index (χ0) is 12.3. The maximum atomic E-state index is 10.9. The highest BCUT2D eigenvalue weighted by atomic mass is 16.5. The first-order valence-electron chi connectivity index (χ1n) is 5.52. The summed E-state index contributed by atoms with van der Waals surface area (Å²) in [4.78, 5) is 10.9. The number of aromatic nitrogens is 1. The van der Waals surface area contributed by atoms with Gasteiger partial charge >= 0.3 is 0 Å². The van der Waals surface area contributed by atoms with E-state index in [0.717, 1.165) is 17.6 Å². The van der Waals surface area contributed by atoms with Gasteiger partial charge in [-0.3, -0.25) is 4.79 Å². The Morgan fingerprint density at radius 3 is 2.53 bits per heavy atom. The zero-order valence-electron chi connectivity index (χ0n) is 9.96. The van der Waals surface area contributed by atoms with E-state index in [1.807, 2.05) is 47.2 Å². The topological polar surface area (TPSA) is 31.2 Å². The monoisotopic (exact) mass is 229 g/mol. The van der Waals surface area contributed by atoms with Crippen LogP contribution in [0.3, 0.4) is 0 Å². The molecule has 1 unspecified atom stereocenters. The minimum absolute atomic E-state index is 0.135. The molecule has 2 rings (SSSR count). The van der Waals surface area contributed by atoms with Gasteiger partial charge in [0.2, 0.25) is 0 Å². The van der Waals surface area contributed by atoms with Crippen LogP contribution in [0.25, 0.3) is 0 Å². The summed E-state index contributed by atoms with van der Waals surface area (Å²) in [7, 11) is 1.65. The molecular weight excluding hydrogens is 214 g/mol. The summed E-state index contributed by atoms with van der Waals surface area (Å²) >= 11 is 0. The van der Waals surface area contributed by atoms with Gasteiger partial charge in [-0.05, 0) is 36.8 Å². The highest BCUT2D eigenvalue weighted by Gasteiger charge is 2.10. The molecule has 3 heteroatoms. The second kappa shape index (κ2) is 4.87. The SMILES string of the molecule is COc1ccc(C(C)n2cccc2C=O)cc1. The van der Waals surface area contributed by atoms with Gasteiger partial charge in [-0.25, -0.2) is 0 Å². The number of rotatable bonds is 4. The molecule has 0 saturated heterocycles. The van der Waals surface area contributed by atoms with Crippen LogP contribution in [0.1, 0.15) is 29.0 Å². The van der Waals surface area contributed by atoms with E-state index in [1.165, 1.54) is 0 Å². The first kappa shape index (κ1) is 11.5. The second-order valence-electron chi connectivity index (χ2n) is 3.91. The van der Waals surface area contributed by atoms with Crippen LogP contribution in [-0.2, 0) is 0 Å². The molecule has 1 aromatic heterocycles. The van der Waals surface area contributed by atoms with Crippen molar-refractivity contribution in [2.24, 2.45) is 0 Å². The summed E-state index contributed by atoms with van der Waals surface area (Å²) in [6.45, 7) is 2.06. The number of hydrogen-bond acceptors (Lipinski definition) is 2. The summed E-state index contributed by atoms with van der Waals surface area (Å²) in [6, 6.07) is 11.7. The Balaban J connectivity index is 2.30. The number of ether oxygens (including phenoxy) is 1. The minimum Gasteiger partial charge on any atom is -0.497 e. The van der Waals surface area contributed by atoms with Gasteiger partial charge in [0, 0.05) is 6.20 Å². The van der Waals surface area contributed by atoms with Gasteiger partial charge in [-0.15, -0.1) is 0 Å². The molecule has 88 valence electrons. The molecule has 0 spiro atoms. The molecular formula is C14H15NO2. The Bertz CT molecular complexity index is 499. The van der Waals surface area contributed by atoms with Crippen molar-refractivity contribution in [2.45, 2.75) is 13.0 Å². The predicted molar refractivity (Wildman–Crippen MR) is 66.6 cm³/mol. The maximum Gasteiger partial charge on any atom is 0.166 e. The standard InChI is InChI=1S/C14H15NO2/c1-11(15-9-3-4-13(15)10-16)12-5-7-14(17-2)8-6-12/h3-11H,1-2H3. The van der Waals surface area contributed by atoms with E-state index in [9.17, 15) is 4.79 Å². The van der Waals surface area contributed by atoms with Crippen molar-refractivity contribution in [3.63, 3.8) is 0 Å². The van der Waals surface area contributed by atoms with Crippen LogP contribution in [0.5, 0.6) is 5.75 Å². The fourth-order valence-corrected chi connectivity index (χ4v) is 1.90. The Morgan fingerprint density at radius 1 is 1.24 bits per heavy atom. The molecule has 2 aromatic rings. The van der Waals surface area contributed by atoms with Crippen LogP contribution in [0.4, 0.5) is 0 Å². The van der Waals surface area contributed by atoms with E-state index >= 15 is 0 Å². The third kappa shape index (κ3) is 2.23. The quantitative estimate of drug-likeness (QED) is 0.755. The second-order valence-corrected chi connectivity index (χ2v) is 3.91. The average Bonchev–Trinajstić information content (AvgIpc) is 2.86. The number of methoxy groups -OCH3 is 1. The van der Waals surface area contributed by atoms with Gasteiger partial charge in [-0.1, -0.05) is 12.1 Å². The fraction of sp³-hybridized carbons (Fsp3) is 0.214. The molecule has 17 heavy (non-hydrogen) atoms. The van der Waals surface area contributed by atoms with Crippen LogP contribution in [0.2, 0.25) is 0 Å². The Morgan fingerprint density at radius 2 is 1.94 bits per heavy atom. The molecule has 0 amide bonds. The minimum atomic E-state index is 0.135. The van der Waals surface area contributed by atoms with Gasteiger partial charge in [0.25, 0.3) is 0 Å². The van der Waals surface area contributed by atoms with Gasteiger partial charge in [0.05, 0.1) is 18.8 Å². The van der Waals surface area contributed by atoms with Crippen molar-refractivity contribution < 1.29 is 9.53 Å². The van der Waals surface area contributed by atoms with Crippen LogP contribution in [0.15, 0.2) is 42.6 Å². The van der Waals surface area contributed by atoms with E-state index < -0.39 is 0 Å². The van der Waals surface area contributed by atoms with E-state index in [-0.39, 0.29) is 6.04 Å². The molecule has 0 aliphatic heterocycles. The zero-order valence-corrected chi connectivity index (χ0v) is 9.96. The lowest BCUT2D eigenvalue weighted by Gasteiger charge is -2.16. The van der Waals surface area contributed by atoms with Crippen molar-refractivity contribution in [2.75, 3.05) is 7.11 Å². The predicted octanol–water partition coefficient (Wildman–Crippen LogP) is 2.92. The van der Waals surface area contributed by atoms with Crippen molar-refractivity contribution in [3.05, 3.63) is 53.9 Å². The third-order valence-electron chi connectivity index (χ3n) is 2.95. The number of carbonyl (C=O) groups excluding carboxylic acids is 1. The van der Waals surface area contributed by atoms with Crippen LogP contribution in [0, 0.1) is 0 Å². The Labute approximate surface area is 101 Å². The molecule has 0 radical (unpaired) electrons. The molecule has 0 fully saturated rings. The van der Waals surface area contributed by atoms with Crippen molar-refractivity contribution in [3.8, 4) is 5.75 Å². The maximum absolute atomic E-state index is 10.9. The molecule has 0 N–H and O–H groups in total.